The monoisotopic (exact) mass is 507 g/mol. The predicted molar refractivity (Wildman–Crippen MR) is 137 cm³/mol. The number of hydrogen-bond acceptors (Lipinski definition) is 7. The van der Waals surface area contributed by atoms with Crippen molar-refractivity contribution in [2.75, 3.05) is 13.2 Å². The van der Waals surface area contributed by atoms with Gasteiger partial charge < -0.3 is 25.2 Å². The summed E-state index contributed by atoms with van der Waals surface area (Å²) in [4.78, 5) is 50.2. The fourth-order valence-electron chi connectivity index (χ4n) is 3.32. The van der Waals surface area contributed by atoms with E-state index in [-0.39, 0.29) is 30.1 Å². The number of carboxylic acids is 1. The molecule has 0 aliphatic heterocycles. The van der Waals surface area contributed by atoms with Gasteiger partial charge in [-0.15, -0.1) is 6.58 Å². The van der Waals surface area contributed by atoms with Crippen molar-refractivity contribution in [1.82, 2.24) is 4.90 Å². The molecule has 2 aromatic rings. The summed E-state index contributed by atoms with van der Waals surface area (Å²) in [5.74, 6) is -3.06. The van der Waals surface area contributed by atoms with E-state index in [1.165, 1.54) is 43.3 Å². The molecule has 10 heteroatoms. The Morgan fingerprint density at radius 1 is 1.08 bits per heavy atom. The number of hydrogen-bond donors (Lipinski definition) is 3. The summed E-state index contributed by atoms with van der Waals surface area (Å²) in [6.45, 7) is 6.70. The number of nitrogens with two attached hydrogens (primary N) is 1. The molecule has 194 valence electrons. The van der Waals surface area contributed by atoms with E-state index in [9.17, 15) is 24.3 Å². The Labute approximate surface area is 214 Å². The number of esters is 2. The maximum absolute atomic E-state index is 13.1. The van der Waals surface area contributed by atoms with Crippen LogP contribution in [0.15, 0.2) is 66.8 Å². The van der Waals surface area contributed by atoms with E-state index in [1.807, 2.05) is 0 Å². The molecule has 0 aliphatic carbocycles. The van der Waals surface area contributed by atoms with Gasteiger partial charge in [-0.1, -0.05) is 18.2 Å². The van der Waals surface area contributed by atoms with Crippen LogP contribution in [0.2, 0.25) is 0 Å². The Bertz CT molecular complexity index is 1200. The SMILES string of the molecule is C=CCN(C(=O)/C(C)=C/c1ccc(C(=O)Oc2ccc(C(=N)N)cc2)cc1)[C@@H](CC(=O)OCC)C(=O)O. The van der Waals surface area contributed by atoms with Crippen molar-refractivity contribution in [3.63, 3.8) is 0 Å². The van der Waals surface area contributed by atoms with Crippen molar-refractivity contribution in [2.24, 2.45) is 5.73 Å². The molecule has 0 aromatic heterocycles. The first-order valence-electron chi connectivity index (χ1n) is 11.3. The Hall–Kier alpha value is -4.73. The van der Waals surface area contributed by atoms with Crippen LogP contribution in [0.3, 0.4) is 0 Å². The normalized spacial score (nSPS) is 11.7. The Balaban J connectivity index is 2.16. The van der Waals surface area contributed by atoms with Gasteiger partial charge in [0.05, 0.1) is 18.6 Å². The van der Waals surface area contributed by atoms with Gasteiger partial charge in [0.2, 0.25) is 0 Å². The number of benzene rings is 2. The lowest BCUT2D eigenvalue weighted by molar-refractivity contribution is -0.155. The quantitative estimate of drug-likeness (QED) is 0.0987. The summed E-state index contributed by atoms with van der Waals surface area (Å²) in [5.41, 5.74) is 6.99. The third-order valence-corrected chi connectivity index (χ3v) is 5.16. The molecule has 0 saturated carbocycles. The number of nitrogens with one attached hydrogen (secondary N) is 1. The minimum absolute atomic E-state index is 0.0848. The first kappa shape index (κ1) is 28.5. The fourth-order valence-corrected chi connectivity index (χ4v) is 3.32. The number of carboxylic acid groups (broad SMARTS) is 1. The summed E-state index contributed by atoms with van der Waals surface area (Å²) >= 11 is 0. The first-order valence-corrected chi connectivity index (χ1v) is 11.3. The summed E-state index contributed by atoms with van der Waals surface area (Å²) < 4.78 is 10.2. The third-order valence-electron chi connectivity index (χ3n) is 5.16. The zero-order valence-corrected chi connectivity index (χ0v) is 20.6. The van der Waals surface area contributed by atoms with E-state index < -0.39 is 36.3 Å². The highest BCUT2D eigenvalue weighted by atomic mass is 16.5. The molecule has 1 atom stereocenters. The molecule has 2 aromatic carbocycles. The van der Waals surface area contributed by atoms with Gasteiger partial charge in [0.1, 0.15) is 17.6 Å². The van der Waals surface area contributed by atoms with Crippen molar-refractivity contribution in [1.29, 1.82) is 5.41 Å². The molecular formula is C27H29N3O7. The van der Waals surface area contributed by atoms with E-state index in [1.54, 1.807) is 31.2 Å². The second-order valence-corrected chi connectivity index (χ2v) is 7.89. The van der Waals surface area contributed by atoms with Crippen molar-refractivity contribution >= 4 is 35.7 Å². The van der Waals surface area contributed by atoms with E-state index >= 15 is 0 Å². The number of rotatable bonds is 12. The van der Waals surface area contributed by atoms with Crippen LogP contribution in [0.25, 0.3) is 6.08 Å². The van der Waals surface area contributed by atoms with Gasteiger partial charge >= 0.3 is 17.9 Å². The van der Waals surface area contributed by atoms with Gasteiger partial charge in [-0.25, -0.2) is 9.59 Å². The maximum atomic E-state index is 13.1. The molecule has 1 amide bonds. The molecule has 0 spiro atoms. The van der Waals surface area contributed by atoms with Crippen LogP contribution >= 0.6 is 0 Å². The minimum atomic E-state index is -1.42. The van der Waals surface area contributed by atoms with Gasteiger partial charge in [0.25, 0.3) is 5.91 Å². The molecule has 37 heavy (non-hydrogen) atoms. The van der Waals surface area contributed by atoms with Crippen LogP contribution < -0.4 is 10.5 Å². The van der Waals surface area contributed by atoms with E-state index in [0.29, 0.717) is 16.9 Å². The molecule has 0 saturated heterocycles. The van der Waals surface area contributed by atoms with Crippen LogP contribution in [-0.2, 0) is 19.1 Å². The second kappa shape index (κ2) is 13.4. The van der Waals surface area contributed by atoms with Crippen LogP contribution in [-0.4, -0.2) is 58.9 Å². The molecule has 0 bridgehead atoms. The van der Waals surface area contributed by atoms with Crippen LogP contribution in [0.4, 0.5) is 0 Å². The Kier molecular flexibility index (Phi) is 10.3. The largest absolute Gasteiger partial charge is 0.480 e. The van der Waals surface area contributed by atoms with Gasteiger partial charge in [0, 0.05) is 17.7 Å². The molecule has 2 rings (SSSR count). The van der Waals surface area contributed by atoms with Crippen LogP contribution in [0.5, 0.6) is 5.75 Å². The topological polar surface area (TPSA) is 160 Å². The summed E-state index contributed by atoms with van der Waals surface area (Å²) in [5, 5.41) is 17.0. The number of ether oxygens (including phenoxy) is 2. The van der Waals surface area contributed by atoms with E-state index in [2.05, 4.69) is 6.58 Å². The van der Waals surface area contributed by atoms with Crippen molar-refractivity contribution in [2.45, 2.75) is 26.3 Å². The summed E-state index contributed by atoms with van der Waals surface area (Å²) in [7, 11) is 0. The summed E-state index contributed by atoms with van der Waals surface area (Å²) in [6.07, 6.45) is 2.42. The van der Waals surface area contributed by atoms with Gasteiger partial charge in [-0.3, -0.25) is 15.0 Å². The number of amidine groups is 1. The smallest absolute Gasteiger partial charge is 0.343 e. The average molecular weight is 508 g/mol. The Morgan fingerprint density at radius 2 is 1.68 bits per heavy atom. The van der Waals surface area contributed by atoms with Gasteiger partial charge in [-0.2, -0.15) is 0 Å². The van der Waals surface area contributed by atoms with Gasteiger partial charge in [-0.05, 0) is 61.9 Å². The highest BCUT2D eigenvalue weighted by Gasteiger charge is 2.32. The number of nitrogen functional groups attached to an aromatic ring is 1. The average Bonchev–Trinajstić information content (AvgIpc) is 2.86. The number of amides is 1. The molecular weight excluding hydrogens is 478 g/mol. The Morgan fingerprint density at radius 3 is 2.19 bits per heavy atom. The van der Waals surface area contributed by atoms with Gasteiger partial charge in [0.15, 0.2) is 0 Å². The standard InChI is InChI=1S/C27H29N3O7/c1-4-14-30(22(26(33)34)16-23(31)36-5-2)25(32)17(3)15-18-6-8-20(9-7-18)27(35)37-21-12-10-19(11-13-21)24(28)29/h4,6-13,15,22H,1,5,14,16H2,2-3H3,(H3,28,29)(H,33,34)/b17-15+/t22-/m0/s1. The zero-order chi connectivity index (χ0) is 27.5. The zero-order valence-electron chi connectivity index (χ0n) is 20.6. The first-order chi connectivity index (χ1) is 17.6. The molecule has 0 radical (unpaired) electrons. The highest BCUT2D eigenvalue weighted by Crippen LogP contribution is 2.17. The molecule has 0 unspecified atom stereocenters. The lowest BCUT2D eigenvalue weighted by atomic mass is 10.1. The molecule has 0 aliphatic rings. The van der Waals surface area contributed by atoms with E-state index in [0.717, 1.165) is 4.90 Å². The lowest BCUT2D eigenvalue weighted by Gasteiger charge is -2.27. The lowest BCUT2D eigenvalue weighted by Crippen LogP contribution is -2.46. The van der Waals surface area contributed by atoms with E-state index in [4.69, 9.17) is 20.6 Å². The predicted octanol–water partition coefficient (Wildman–Crippen LogP) is 3.01. The highest BCUT2D eigenvalue weighted by molar-refractivity contribution is 6.00. The number of carbonyl (C=O) groups is 4. The van der Waals surface area contributed by atoms with Crippen molar-refractivity contribution in [3.8, 4) is 5.75 Å². The molecule has 4 N–H and O–H groups in total. The number of carbonyl (C=O) groups excluding carboxylic acids is 3. The van der Waals surface area contributed by atoms with Crippen molar-refractivity contribution < 1.29 is 33.8 Å². The third kappa shape index (κ3) is 8.17. The van der Waals surface area contributed by atoms with Crippen LogP contribution in [0, 0.1) is 5.41 Å². The number of nitrogens with zero attached hydrogens (tertiary/aromatic N) is 1. The summed E-state index contributed by atoms with van der Waals surface area (Å²) in [6, 6.07) is 11.0. The fraction of sp³-hybridized carbons (Fsp3) is 0.222. The molecule has 0 fully saturated rings. The maximum Gasteiger partial charge on any atom is 0.343 e. The van der Waals surface area contributed by atoms with Crippen LogP contribution in [0.1, 0.15) is 41.8 Å². The number of aliphatic carboxylic acids is 1. The second-order valence-electron chi connectivity index (χ2n) is 7.89. The van der Waals surface area contributed by atoms with Crippen molar-refractivity contribution in [3.05, 3.63) is 83.4 Å². The molecule has 0 heterocycles. The minimum Gasteiger partial charge on any atom is -0.480 e. The molecule has 10 nitrogen and oxygen atoms in total.